The molecular weight excluding hydrogens is 587 g/mol. The predicted molar refractivity (Wildman–Crippen MR) is 139 cm³/mol. The Hall–Kier alpha value is -4.77. The molecule has 5 rings (SSSR count). The second-order valence-corrected chi connectivity index (χ2v) is 9.56. The molecule has 220 valence electrons. The van der Waals surface area contributed by atoms with Crippen LogP contribution in [-0.4, -0.2) is 88.1 Å². The molecule has 1 unspecified atom stereocenters. The third kappa shape index (κ3) is 5.82. The van der Waals surface area contributed by atoms with Crippen LogP contribution in [0.1, 0.15) is 16.3 Å². The molecular formula is C24H21ClF3N9O5. The Morgan fingerprint density at radius 2 is 1.88 bits per heavy atom. The van der Waals surface area contributed by atoms with Gasteiger partial charge in [-0.05, 0) is 36.4 Å². The summed E-state index contributed by atoms with van der Waals surface area (Å²) in [6, 6.07) is 8.74. The van der Waals surface area contributed by atoms with Gasteiger partial charge in [-0.15, -0.1) is 10.2 Å². The SMILES string of the molecule is O=C1CN(c2nc(Cn3nc(-c4ccc(Cl)cc4)n(CC(O)C(F)(F)F)c3=O)nn2-c2cccnc2C(=O)O)CCN1. The van der Waals surface area contributed by atoms with Gasteiger partial charge in [-0.1, -0.05) is 11.6 Å². The average Bonchev–Trinajstić information content (AvgIpc) is 3.50. The number of hydrogen-bond donors (Lipinski definition) is 3. The Balaban J connectivity index is 1.60. The number of halogens is 4. The Kier molecular flexibility index (Phi) is 7.70. The van der Waals surface area contributed by atoms with Crippen molar-refractivity contribution in [1.29, 1.82) is 0 Å². The monoisotopic (exact) mass is 607 g/mol. The first kappa shape index (κ1) is 28.7. The van der Waals surface area contributed by atoms with Crippen molar-refractivity contribution < 1.29 is 33.0 Å². The zero-order valence-corrected chi connectivity index (χ0v) is 22.1. The Bertz CT molecular complexity index is 1700. The van der Waals surface area contributed by atoms with Gasteiger partial charge in [0, 0.05) is 29.9 Å². The Morgan fingerprint density at radius 3 is 2.55 bits per heavy atom. The molecule has 1 amide bonds. The molecule has 0 radical (unpaired) electrons. The van der Waals surface area contributed by atoms with Crippen molar-refractivity contribution in [2.75, 3.05) is 24.5 Å². The number of nitrogens with one attached hydrogen (secondary N) is 1. The van der Waals surface area contributed by atoms with Crippen LogP contribution in [0, 0.1) is 0 Å². The van der Waals surface area contributed by atoms with Crippen LogP contribution in [0.5, 0.6) is 0 Å². The first-order valence-corrected chi connectivity index (χ1v) is 12.6. The maximum atomic E-state index is 13.3. The molecule has 1 atom stereocenters. The highest BCUT2D eigenvalue weighted by Crippen LogP contribution is 2.25. The number of benzene rings is 1. The number of pyridine rings is 1. The van der Waals surface area contributed by atoms with E-state index >= 15 is 0 Å². The van der Waals surface area contributed by atoms with Crippen molar-refractivity contribution >= 4 is 29.4 Å². The lowest BCUT2D eigenvalue weighted by Gasteiger charge is -2.27. The largest absolute Gasteiger partial charge is 0.476 e. The van der Waals surface area contributed by atoms with Gasteiger partial charge in [0.05, 0.1) is 13.1 Å². The standard InChI is InChI=1S/C24H21ClF3N9O5/c25-14-5-3-13(4-6-14)20-33-36(23(42)35(20)10-16(38)24(26,27)28)11-17-31-22(34-9-8-29-18(39)12-34)37(32-17)15-2-1-7-30-19(15)21(40)41/h1-7,16,38H,8-12H2,(H,29,39)(H,40,41). The number of aromatic carboxylic acids is 1. The molecule has 4 aromatic rings. The summed E-state index contributed by atoms with van der Waals surface area (Å²) in [5, 5.41) is 30.9. The summed E-state index contributed by atoms with van der Waals surface area (Å²) < 4.78 is 42.3. The summed E-state index contributed by atoms with van der Waals surface area (Å²) in [7, 11) is 0. The lowest BCUT2D eigenvalue weighted by atomic mass is 10.2. The molecule has 1 aliphatic rings. The van der Waals surface area contributed by atoms with E-state index in [0.29, 0.717) is 16.1 Å². The van der Waals surface area contributed by atoms with Crippen molar-refractivity contribution in [3.63, 3.8) is 0 Å². The van der Waals surface area contributed by atoms with E-state index in [1.807, 2.05) is 0 Å². The zero-order chi connectivity index (χ0) is 30.2. The van der Waals surface area contributed by atoms with Crippen LogP contribution in [0.15, 0.2) is 47.4 Å². The number of rotatable bonds is 8. The first-order valence-electron chi connectivity index (χ1n) is 12.3. The molecule has 1 saturated heterocycles. The second-order valence-electron chi connectivity index (χ2n) is 9.13. The molecule has 3 N–H and O–H groups in total. The smallest absolute Gasteiger partial charge is 0.416 e. The molecule has 0 aliphatic carbocycles. The Labute approximate surface area is 238 Å². The van der Waals surface area contributed by atoms with Crippen LogP contribution in [0.3, 0.4) is 0 Å². The number of aliphatic hydroxyl groups excluding tert-OH is 1. The highest BCUT2D eigenvalue weighted by Gasteiger charge is 2.39. The molecule has 0 spiro atoms. The molecule has 1 aromatic carbocycles. The number of nitrogens with zero attached hydrogens (tertiary/aromatic N) is 8. The van der Waals surface area contributed by atoms with Gasteiger partial charge >= 0.3 is 17.8 Å². The lowest BCUT2D eigenvalue weighted by molar-refractivity contribution is -0.207. The fourth-order valence-corrected chi connectivity index (χ4v) is 4.38. The quantitative estimate of drug-likeness (QED) is 0.262. The first-order chi connectivity index (χ1) is 19.9. The molecule has 18 heteroatoms. The fourth-order valence-electron chi connectivity index (χ4n) is 4.25. The lowest BCUT2D eigenvalue weighted by Crippen LogP contribution is -2.48. The van der Waals surface area contributed by atoms with E-state index in [0.717, 1.165) is 4.68 Å². The van der Waals surface area contributed by atoms with Gasteiger partial charge in [0.1, 0.15) is 12.2 Å². The summed E-state index contributed by atoms with van der Waals surface area (Å²) in [6.45, 7) is -1.12. The van der Waals surface area contributed by atoms with E-state index < -0.39 is 37.0 Å². The minimum atomic E-state index is -5.00. The summed E-state index contributed by atoms with van der Waals surface area (Å²) >= 11 is 5.93. The van der Waals surface area contributed by atoms with E-state index in [-0.39, 0.29) is 53.5 Å². The minimum Gasteiger partial charge on any atom is -0.476 e. The number of aliphatic hydroxyl groups is 1. The average molecular weight is 608 g/mol. The number of carboxylic acids is 1. The number of carboxylic acid groups (broad SMARTS) is 1. The normalized spacial score (nSPS) is 14.6. The molecule has 14 nitrogen and oxygen atoms in total. The van der Waals surface area contributed by atoms with Gasteiger partial charge in [-0.3, -0.25) is 9.36 Å². The van der Waals surface area contributed by atoms with Gasteiger partial charge in [-0.25, -0.2) is 19.3 Å². The van der Waals surface area contributed by atoms with E-state index in [2.05, 4.69) is 25.5 Å². The summed E-state index contributed by atoms with van der Waals surface area (Å²) in [6.07, 6.45) is -6.58. The predicted octanol–water partition coefficient (Wildman–Crippen LogP) is 0.947. The maximum Gasteiger partial charge on any atom is 0.416 e. The zero-order valence-electron chi connectivity index (χ0n) is 21.4. The van der Waals surface area contributed by atoms with Crippen LogP contribution in [0.25, 0.3) is 17.1 Å². The van der Waals surface area contributed by atoms with Crippen molar-refractivity contribution in [3.05, 3.63) is 69.6 Å². The number of carbonyl (C=O) groups excluding carboxylic acids is 1. The molecule has 1 aliphatic heterocycles. The number of hydrogen-bond acceptors (Lipinski definition) is 9. The van der Waals surface area contributed by atoms with Gasteiger partial charge in [0.2, 0.25) is 11.9 Å². The van der Waals surface area contributed by atoms with E-state index in [1.54, 1.807) is 4.90 Å². The van der Waals surface area contributed by atoms with Crippen molar-refractivity contribution in [1.82, 2.24) is 39.4 Å². The topological polar surface area (TPSA) is 173 Å². The van der Waals surface area contributed by atoms with Crippen LogP contribution in [0.2, 0.25) is 5.02 Å². The molecule has 42 heavy (non-hydrogen) atoms. The number of piperazine rings is 1. The van der Waals surface area contributed by atoms with E-state index in [9.17, 15) is 37.8 Å². The summed E-state index contributed by atoms with van der Waals surface area (Å²) in [4.78, 5) is 47.1. The number of aromatic nitrogens is 7. The number of anilines is 1. The third-order valence-corrected chi connectivity index (χ3v) is 6.47. The molecule has 0 bridgehead atoms. The number of carbonyl (C=O) groups is 2. The fraction of sp³-hybridized carbons (Fsp3) is 0.292. The highest BCUT2D eigenvalue weighted by molar-refractivity contribution is 6.30. The highest BCUT2D eigenvalue weighted by atomic mass is 35.5. The molecule has 3 aromatic heterocycles. The summed E-state index contributed by atoms with van der Waals surface area (Å²) in [5.74, 6) is -1.83. The maximum absolute atomic E-state index is 13.3. The Morgan fingerprint density at radius 1 is 1.14 bits per heavy atom. The van der Waals surface area contributed by atoms with E-state index in [4.69, 9.17) is 11.6 Å². The van der Waals surface area contributed by atoms with Crippen molar-refractivity contribution in [3.8, 4) is 17.1 Å². The van der Waals surface area contributed by atoms with Crippen LogP contribution >= 0.6 is 11.6 Å². The van der Waals surface area contributed by atoms with Gasteiger partial charge in [0.15, 0.2) is 23.4 Å². The van der Waals surface area contributed by atoms with Crippen molar-refractivity contribution in [2.24, 2.45) is 0 Å². The number of alkyl halides is 3. The van der Waals surface area contributed by atoms with Gasteiger partial charge in [0.25, 0.3) is 0 Å². The second kappa shape index (κ2) is 11.2. The van der Waals surface area contributed by atoms with E-state index in [1.165, 1.54) is 47.3 Å². The number of amides is 1. The minimum absolute atomic E-state index is 0.0257. The van der Waals surface area contributed by atoms with Gasteiger partial charge < -0.3 is 20.4 Å². The van der Waals surface area contributed by atoms with Gasteiger partial charge in [-0.2, -0.15) is 22.8 Å². The molecule has 0 saturated carbocycles. The van der Waals surface area contributed by atoms with Crippen LogP contribution in [0.4, 0.5) is 19.1 Å². The summed E-state index contributed by atoms with van der Waals surface area (Å²) in [5.41, 5.74) is -1.07. The molecule has 4 heterocycles. The van der Waals surface area contributed by atoms with Crippen LogP contribution in [-0.2, 0) is 17.9 Å². The molecule has 1 fully saturated rings. The van der Waals surface area contributed by atoms with Crippen molar-refractivity contribution in [2.45, 2.75) is 25.4 Å². The van der Waals surface area contributed by atoms with Crippen LogP contribution < -0.4 is 15.9 Å². The third-order valence-electron chi connectivity index (χ3n) is 6.22.